The monoisotopic (exact) mass is 339 g/mol. The van der Waals surface area contributed by atoms with E-state index in [1.54, 1.807) is 11.6 Å². The molecule has 2 aromatic carbocycles. The maximum absolute atomic E-state index is 12.3. The lowest BCUT2D eigenvalue weighted by molar-refractivity contribution is -0.121. The zero-order valence-electron chi connectivity index (χ0n) is 13.7. The third-order valence-electron chi connectivity index (χ3n) is 4.28. The molecule has 1 aliphatic rings. The molecule has 4 rings (SSSR count). The van der Waals surface area contributed by atoms with E-state index in [2.05, 4.69) is 5.32 Å². The van der Waals surface area contributed by atoms with Crippen LogP contribution in [0.5, 0.6) is 11.5 Å². The van der Waals surface area contributed by atoms with Gasteiger partial charge in [-0.15, -0.1) is 0 Å². The van der Waals surface area contributed by atoms with Crippen LogP contribution in [0, 0.1) is 0 Å². The van der Waals surface area contributed by atoms with Gasteiger partial charge >= 0.3 is 5.69 Å². The van der Waals surface area contributed by atoms with Gasteiger partial charge in [-0.25, -0.2) is 4.79 Å². The number of aryl methyl sites for hydroxylation is 1. The van der Waals surface area contributed by atoms with Crippen molar-refractivity contribution in [2.24, 2.45) is 7.05 Å². The first-order valence-corrected chi connectivity index (χ1v) is 7.93. The second-order valence-electron chi connectivity index (χ2n) is 5.88. The van der Waals surface area contributed by atoms with Crippen LogP contribution in [0.4, 0.5) is 0 Å². The van der Waals surface area contributed by atoms with Crippen molar-refractivity contribution in [1.29, 1.82) is 0 Å². The van der Waals surface area contributed by atoms with Crippen LogP contribution in [0.25, 0.3) is 11.0 Å². The summed E-state index contributed by atoms with van der Waals surface area (Å²) in [7, 11) is 1.70. The number of carbonyl (C=O) groups excluding carboxylic acids is 1. The molecule has 0 bridgehead atoms. The number of nitrogens with one attached hydrogen (secondary N) is 1. The number of amides is 1. The molecule has 1 aliphatic heterocycles. The number of nitrogens with zero attached hydrogens (tertiary/aromatic N) is 2. The largest absolute Gasteiger partial charge is 0.454 e. The SMILES string of the molecule is Cn1c(=O)n(CC(=O)NCc2ccc3c(c2)OCO3)c2ccccc21. The summed E-state index contributed by atoms with van der Waals surface area (Å²) in [6.07, 6.45) is 0. The summed E-state index contributed by atoms with van der Waals surface area (Å²) in [5.41, 5.74) is 2.24. The molecule has 7 nitrogen and oxygen atoms in total. The molecule has 0 aliphatic carbocycles. The first-order chi connectivity index (χ1) is 12.1. The number of hydrogen-bond acceptors (Lipinski definition) is 4. The molecule has 0 saturated heterocycles. The predicted octanol–water partition coefficient (Wildman–Crippen LogP) is 1.39. The van der Waals surface area contributed by atoms with Gasteiger partial charge in [0.1, 0.15) is 6.54 Å². The second-order valence-corrected chi connectivity index (χ2v) is 5.88. The summed E-state index contributed by atoms with van der Waals surface area (Å²) in [5, 5.41) is 2.84. The summed E-state index contributed by atoms with van der Waals surface area (Å²) in [4.78, 5) is 24.6. The lowest BCUT2D eigenvalue weighted by Crippen LogP contribution is -2.32. The van der Waals surface area contributed by atoms with Crippen LogP contribution in [0.2, 0.25) is 0 Å². The van der Waals surface area contributed by atoms with E-state index in [-0.39, 0.29) is 24.9 Å². The molecule has 0 radical (unpaired) electrons. The highest BCUT2D eigenvalue weighted by Crippen LogP contribution is 2.32. The molecule has 0 unspecified atom stereocenters. The fourth-order valence-electron chi connectivity index (χ4n) is 2.97. The summed E-state index contributed by atoms with van der Waals surface area (Å²) >= 11 is 0. The highest BCUT2D eigenvalue weighted by molar-refractivity contribution is 5.80. The maximum atomic E-state index is 12.3. The molecule has 0 spiro atoms. The molecule has 128 valence electrons. The number of aromatic nitrogens is 2. The van der Waals surface area contributed by atoms with Crippen LogP contribution in [-0.2, 0) is 24.9 Å². The molecule has 3 aromatic rings. The van der Waals surface area contributed by atoms with E-state index in [4.69, 9.17) is 9.47 Å². The first-order valence-electron chi connectivity index (χ1n) is 7.93. The minimum Gasteiger partial charge on any atom is -0.454 e. The molecule has 0 atom stereocenters. The minimum atomic E-state index is -0.226. The van der Waals surface area contributed by atoms with Crippen molar-refractivity contribution in [1.82, 2.24) is 14.5 Å². The van der Waals surface area contributed by atoms with Crippen molar-refractivity contribution in [2.45, 2.75) is 13.1 Å². The van der Waals surface area contributed by atoms with E-state index in [0.29, 0.717) is 18.0 Å². The Bertz CT molecular complexity index is 1020. The molecule has 2 heterocycles. The summed E-state index contributed by atoms with van der Waals surface area (Å²) in [6.45, 7) is 0.550. The predicted molar refractivity (Wildman–Crippen MR) is 91.6 cm³/mol. The number of fused-ring (bicyclic) bond motifs is 2. The van der Waals surface area contributed by atoms with Gasteiger partial charge < -0.3 is 14.8 Å². The average molecular weight is 339 g/mol. The molecule has 1 amide bonds. The Hall–Kier alpha value is -3.22. The van der Waals surface area contributed by atoms with Crippen LogP contribution in [0.15, 0.2) is 47.3 Å². The molecule has 1 aromatic heterocycles. The lowest BCUT2D eigenvalue weighted by atomic mass is 10.2. The molecular weight excluding hydrogens is 322 g/mol. The van der Waals surface area contributed by atoms with Gasteiger partial charge in [0.2, 0.25) is 12.7 Å². The Morgan fingerprint density at radius 2 is 1.88 bits per heavy atom. The fraction of sp³-hybridized carbons (Fsp3) is 0.222. The molecule has 0 saturated carbocycles. The summed E-state index contributed by atoms with van der Waals surface area (Å²) in [6, 6.07) is 12.9. The van der Waals surface area contributed by atoms with Crippen LogP contribution in [0.3, 0.4) is 0 Å². The van der Waals surface area contributed by atoms with E-state index >= 15 is 0 Å². The van der Waals surface area contributed by atoms with Crippen molar-refractivity contribution >= 4 is 16.9 Å². The molecular formula is C18H17N3O4. The Morgan fingerprint density at radius 3 is 2.72 bits per heavy atom. The molecule has 7 heteroatoms. The highest BCUT2D eigenvalue weighted by Gasteiger charge is 2.15. The highest BCUT2D eigenvalue weighted by atomic mass is 16.7. The normalized spacial score (nSPS) is 12.5. The van der Waals surface area contributed by atoms with Crippen molar-refractivity contribution in [3.63, 3.8) is 0 Å². The van der Waals surface area contributed by atoms with Crippen LogP contribution in [-0.4, -0.2) is 21.8 Å². The van der Waals surface area contributed by atoms with E-state index in [1.165, 1.54) is 4.57 Å². The third-order valence-corrected chi connectivity index (χ3v) is 4.28. The number of rotatable bonds is 4. The van der Waals surface area contributed by atoms with Crippen molar-refractivity contribution in [2.75, 3.05) is 6.79 Å². The van der Waals surface area contributed by atoms with Crippen LogP contribution >= 0.6 is 0 Å². The van der Waals surface area contributed by atoms with Crippen molar-refractivity contribution < 1.29 is 14.3 Å². The third kappa shape index (κ3) is 2.73. The van der Waals surface area contributed by atoms with Gasteiger partial charge in [0, 0.05) is 13.6 Å². The van der Waals surface area contributed by atoms with E-state index in [1.807, 2.05) is 42.5 Å². The van der Waals surface area contributed by atoms with Crippen LogP contribution < -0.4 is 20.5 Å². The Balaban J connectivity index is 1.48. The topological polar surface area (TPSA) is 74.5 Å². The number of para-hydroxylation sites is 2. The molecule has 1 N–H and O–H groups in total. The van der Waals surface area contributed by atoms with Crippen molar-refractivity contribution in [3.8, 4) is 11.5 Å². The standard InChI is InChI=1S/C18H17N3O4/c1-20-13-4-2-3-5-14(13)21(18(20)23)10-17(22)19-9-12-6-7-15-16(8-12)25-11-24-15/h2-8H,9-11H2,1H3,(H,19,22). The molecule has 25 heavy (non-hydrogen) atoms. The number of carbonyl (C=O) groups is 1. The number of ether oxygens (including phenoxy) is 2. The van der Waals surface area contributed by atoms with Crippen molar-refractivity contribution in [3.05, 3.63) is 58.5 Å². The summed E-state index contributed by atoms with van der Waals surface area (Å²) < 4.78 is 13.6. The van der Waals surface area contributed by atoms with Gasteiger partial charge in [-0.2, -0.15) is 0 Å². The van der Waals surface area contributed by atoms with Gasteiger partial charge in [0.05, 0.1) is 11.0 Å². The second kappa shape index (κ2) is 6.01. The quantitative estimate of drug-likeness (QED) is 0.779. The Kier molecular flexibility index (Phi) is 3.68. The zero-order chi connectivity index (χ0) is 17.4. The number of benzene rings is 2. The molecule has 0 fully saturated rings. The maximum Gasteiger partial charge on any atom is 0.329 e. The van der Waals surface area contributed by atoms with E-state index in [9.17, 15) is 9.59 Å². The van der Waals surface area contributed by atoms with Gasteiger partial charge in [-0.1, -0.05) is 18.2 Å². The average Bonchev–Trinajstić information content (AvgIpc) is 3.19. The van der Waals surface area contributed by atoms with Gasteiger partial charge in [-0.05, 0) is 29.8 Å². The Labute approximate surface area is 143 Å². The van der Waals surface area contributed by atoms with Gasteiger partial charge in [0.15, 0.2) is 11.5 Å². The number of hydrogen-bond donors (Lipinski definition) is 1. The first kappa shape index (κ1) is 15.3. The number of imidazole rings is 1. The Morgan fingerprint density at radius 1 is 1.12 bits per heavy atom. The van der Waals surface area contributed by atoms with Gasteiger partial charge in [-0.3, -0.25) is 13.9 Å². The summed E-state index contributed by atoms with van der Waals surface area (Å²) in [5.74, 6) is 1.16. The van der Waals surface area contributed by atoms with E-state index < -0.39 is 0 Å². The van der Waals surface area contributed by atoms with Crippen LogP contribution in [0.1, 0.15) is 5.56 Å². The lowest BCUT2D eigenvalue weighted by Gasteiger charge is -2.07. The van der Waals surface area contributed by atoms with E-state index in [0.717, 1.165) is 16.6 Å². The fourth-order valence-corrected chi connectivity index (χ4v) is 2.97. The smallest absolute Gasteiger partial charge is 0.329 e. The van der Waals surface area contributed by atoms with Gasteiger partial charge in [0.25, 0.3) is 0 Å². The minimum absolute atomic E-state index is 0.0231. The zero-order valence-corrected chi connectivity index (χ0v) is 13.7.